The summed E-state index contributed by atoms with van der Waals surface area (Å²) in [6, 6.07) is 26.0. The molecule has 2 aromatic heterocycles. The highest BCUT2D eigenvalue weighted by Crippen LogP contribution is 2.42. The van der Waals surface area contributed by atoms with Gasteiger partial charge in [-0.2, -0.15) is 0 Å². The normalized spacial score (nSPS) is 11.3. The number of aliphatic hydroxyl groups excluding tert-OH is 1. The van der Waals surface area contributed by atoms with Crippen LogP contribution in [0.25, 0.3) is 39.0 Å². The van der Waals surface area contributed by atoms with Gasteiger partial charge in [-0.15, -0.1) is 5.10 Å². The fourth-order valence-corrected chi connectivity index (χ4v) is 4.67. The Bertz CT molecular complexity index is 1450. The van der Waals surface area contributed by atoms with Crippen LogP contribution in [0.2, 0.25) is 10.0 Å². The third kappa shape index (κ3) is 4.43. The molecule has 3 aromatic carbocycles. The molecule has 0 unspecified atom stereocenters. The maximum atomic E-state index is 8.94. The SMILES string of the molecule is OCCNCc1nc2cc(-c3cccc(-c4cccc(-c5ccccc5)c4Cl)c3Cl)ccn2n1. The quantitative estimate of drug-likeness (QED) is 0.271. The number of pyridine rings is 1. The van der Waals surface area contributed by atoms with Gasteiger partial charge in [0.1, 0.15) is 0 Å². The summed E-state index contributed by atoms with van der Waals surface area (Å²) in [5, 5.41) is 17.8. The standard InChI is InChI=1S/C27H22Cl2N4O/c28-26-20(18-6-2-1-3-7-18)8-4-10-22(26)23-11-5-9-21(27(23)29)19-12-14-33-25(16-19)31-24(32-33)17-30-13-15-34/h1-12,14,16,30,34H,13,15,17H2. The van der Waals surface area contributed by atoms with E-state index in [0.29, 0.717) is 29.0 Å². The van der Waals surface area contributed by atoms with Crippen molar-refractivity contribution in [1.29, 1.82) is 0 Å². The first-order valence-electron chi connectivity index (χ1n) is 11.0. The van der Waals surface area contributed by atoms with Crippen LogP contribution in [-0.2, 0) is 6.54 Å². The van der Waals surface area contributed by atoms with Gasteiger partial charge in [0.25, 0.3) is 0 Å². The molecule has 0 bridgehead atoms. The predicted molar refractivity (Wildman–Crippen MR) is 138 cm³/mol. The number of nitrogens with one attached hydrogen (secondary N) is 1. The lowest BCUT2D eigenvalue weighted by molar-refractivity contribution is 0.291. The molecule has 0 aliphatic rings. The molecule has 0 atom stereocenters. The molecular weight excluding hydrogens is 467 g/mol. The molecule has 0 spiro atoms. The van der Waals surface area contributed by atoms with Crippen LogP contribution in [0.4, 0.5) is 0 Å². The van der Waals surface area contributed by atoms with Gasteiger partial charge in [-0.25, -0.2) is 9.50 Å². The molecule has 0 saturated heterocycles. The lowest BCUT2D eigenvalue weighted by atomic mass is 9.96. The van der Waals surface area contributed by atoms with Crippen LogP contribution in [0.15, 0.2) is 85.1 Å². The van der Waals surface area contributed by atoms with Crippen molar-refractivity contribution in [3.8, 4) is 33.4 Å². The summed E-state index contributed by atoms with van der Waals surface area (Å²) in [7, 11) is 0. The summed E-state index contributed by atoms with van der Waals surface area (Å²) in [5.74, 6) is 0.662. The van der Waals surface area contributed by atoms with E-state index in [1.54, 1.807) is 4.52 Å². The van der Waals surface area contributed by atoms with Crippen molar-refractivity contribution in [2.24, 2.45) is 0 Å². The van der Waals surface area contributed by atoms with Gasteiger partial charge >= 0.3 is 0 Å². The number of fused-ring (bicyclic) bond motifs is 1. The minimum absolute atomic E-state index is 0.0740. The highest BCUT2D eigenvalue weighted by atomic mass is 35.5. The fraction of sp³-hybridized carbons (Fsp3) is 0.111. The van der Waals surface area contributed by atoms with E-state index in [1.165, 1.54) is 0 Å². The molecule has 7 heteroatoms. The lowest BCUT2D eigenvalue weighted by Gasteiger charge is -2.14. The maximum Gasteiger partial charge on any atom is 0.165 e. The van der Waals surface area contributed by atoms with Crippen molar-refractivity contribution in [3.63, 3.8) is 0 Å². The number of halogens is 2. The van der Waals surface area contributed by atoms with E-state index in [0.717, 1.165) is 39.0 Å². The summed E-state index contributed by atoms with van der Waals surface area (Å²) in [6.45, 7) is 1.06. The first kappa shape index (κ1) is 22.6. The third-order valence-corrected chi connectivity index (χ3v) is 6.45. The van der Waals surface area contributed by atoms with Crippen molar-refractivity contribution in [3.05, 3.63) is 101 Å². The minimum atomic E-state index is 0.0740. The average molecular weight is 489 g/mol. The molecule has 0 amide bonds. The van der Waals surface area contributed by atoms with Crippen molar-refractivity contribution in [2.75, 3.05) is 13.2 Å². The molecule has 0 aliphatic carbocycles. The molecule has 0 fully saturated rings. The second-order valence-electron chi connectivity index (χ2n) is 7.85. The Morgan fingerprint density at radius 2 is 1.41 bits per heavy atom. The molecule has 2 N–H and O–H groups in total. The number of rotatable bonds is 7. The van der Waals surface area contributed by atoms with Crippen LogP contribution < -0.4 is 5.32 Å². The van der Waals surface area contributed by atoms with Crippen molar-refractivity contribution in [1.82, 2.24) is 19.9 Å². The number of aromatic nitrogens is 3. The maximum absolute atomic E-state index is 8.94. The Hall–Kier alpha value is -3.22. The molecule has 5 aromatic rings. The van der Waals surface area contributed by atoms with Crippen molar-refractivity contribution in [2.45, 2.75) is 6.54 Å². The largest absolute Gasteiger partial charge is 0.395 e. The van der Waals surface area contributed by atoms with E-state index in [-0.39, 0.29) is 6.61 Å². The summed E-state index contributed by atoms with van der Waals surface area (Å²) in [4.78, 5) is 4.58. The van der Waals surface area contributed by atoms with E-state index < -0.39 is 0 Å². The minimum Gasteiger partial charge on any atom is -0.395 e. The van der Waals surface area contributed by atoms with Crippen LogP contribution in [0.1, 0.15) is 5.82 Å². The van der Waals surface area contributed by atoms with Crippen molar-refractivity contribution >= 4 is 28.8 Å². The second kappa shape index (κ2) is 9.95. The van der Waals surface area contributed by atoms with Gasteiger partial charge in [0.05, 0.1) is 23.2 Å². The van der Waals surface area contributed by atoms with Gasteiger partial charge < -0.3 is 10.4 Å². The van der Waals surface area contributed by atoms with Gasteiger partial charge in [0.15, 0.2) is 11.5 Å². The zero-order valence-corrected chi connectivity index (χ0v) is 19.8. The van der Waals surface area contributed by atoms with E-state index in [4.69, 9.17) is 28.3 Å². The Morgan fingerprint density at radius 3 is 2.09 bits per heavy atom. The van der Waals surface area contributed by atoms with Crippen LogP contribution in [0.5, 0.6) is 0 Å². The summed E-state index contributed by atoms with van der Waals surface area (Å²) in [5.41, 5.74) is 6.34. The molecule has 5 nitrogen and oxygen atoms in total. The Labute approximate surface area is 207 Å². The Morgan fingerprint density at radius 1 is 0.765 bits per heavy atom. The van der Waals surface area contributed by atoms with Gasteiger partial charge in [-0.3, -0.25) is 0 Å². The van der Waals surface area contributed by atoms with Gasteiger partial charge in [0, 0.05) is 35.0 Å². The average Bonchev–Trinajstić information content (AvgIpc) is 3.27. The fourth-order valence-electron chi connectivity index (χ4n) is 3.99. The number of benzene rings is 3. The third-order valence-electron chi connectivity index (χ3n) is 5.64. The van der Waals surface area contributed by atoms with E-state index in [2.05, 4.69) is 15.4 Å². The molecule has 170 valence electrons. The monoisotopic (exact) mass is 488 g/mol. The van der Waals surface area contributed by atoms with Gasteiger partial charge in [0.2, 0.25) is 0 Å². The van der Waals surface area contributed by atoms with E-state index in [9.17, 15) is 0 Å². The second-order valence-corrected chi connectivity index (χ2v) is 8.60. The molecule has 0 saturated carbocycles. The zero-order chi connectivity index (χ0) is 23.5. The summed E-state index contributed by atoms with van der Waals surface area (Å²) < 4.78 is 1.73. The first-order chi connectivity index (χ1) is 16.7. The van der Waals surface area contributed by atoms with E-state index >= 15 is 0 Å². The van der Waals surface area contributed by atoms with Crippen LogP contribution in [0, 0.1) is 0 Å². The molecule has 0 aliphatic heterocycles. The summed E-state index contributed by atoms with van der Waals surface area (Å²) in [6.07, 6.45) is 1.87. The molecule has 5 rings (SSSR count). The number of hydrogen-bond acceptors (Lipinski definition) is 4. The number of hydrogen-bond donors (Lipinski definition) is 2. The molecule has 2 heterocycles. The Kier molecular flexibility index (Phi) is 6.61. The smallest absolute Gasteiger partial charge is 0.165 e. The van der Waals surface area contributed by atoms with Crippen molar-refractivity contribution < 1.29 is 5.11 Å². The Balaban J connectivity index is 1.53. The number of aliphatic hydroxyl groups is 1. The lowest BCUT2D eigenvalue weighted by Crippen LogP contribution is -2.18. The summed E-state index contributed by atoms with van der Waals surface area (Å²) >= 11 is 13.8. The molecule has 0 radical (unpaired) electrons. The predicted octanol–water partition coefficient (Wildman–Crippen LogP) is 6.12. The van der Waals surface area contributed by atoms with E-state index in [1.807, 2.05) is 85.1 Å². The van der Waals surface area contributed by atoms with Crippen LogP contribution in [0.3, 0.4) is 0 Å². The highest BCUT2D eigenvalue weighted by Gasteiger charge is 2.16. The van der Waals surface area contributed by atoms with Crippen LogP contribution >= 0.6 is 23.2 Å². The molecular formula is C27H22Cl2N4O. The topological polar surface area (TPSA) is 62.5 Å². The highest BCUT2D eigenvalue weighted by molar-refractivity contribution is 6.39. The molecule has 34 heavy (non-hydrogen) atoms. The zero-order valence-electron chi connectivity index (χ0n) is 18.2. The number of nitrogens with zero attached hydrogens (tertiary/aromatic N) is 3. The van der Waals surface area contributed by atoms with Gasteiger partial charge in [-0.05, 0) is 23.3 Å². The first-order valence-corrected chi connectivity index (χ1v) is 11.7. The van der Waals surface area contributed by atoms with Crippen LogP contribution in [-0.4, -0.2) is 32.9 Å². The van der Waals surface area contributed by atoms with Gasteiger partial charge in [-0.1, -0.05) is 89.9 Å².